The van der Waals surface area contributed by atoms with Crippen molar-refractivity contribution in [2.24, 2.45) is 0 Å². The van der Waals surface area contributed by atoms with Gasteiger partial charge in [0.2, 0.25) is 11.2 Å². The third-order valence-corrected chi connectivity index (χ3v) is 7.79. The summed E-state index contributed by atoms with van der Waals surface area (Å²) in [6.07, 6.45) is 6.66. The summed E-state index contributed by atoms with van der Waals surface area (Å²) >= 11 is 0. The van der Waals surface area contributed by atoms with Crippen molar-refractivity contribution >= 4 is 11.9 Å². The maximum absolute atomic E-state index is 12.2. The van der Waals surface area contributed by atoms with Crippen LogP contribution in [0.25, 0.3) is 0 Å². The molecule has 0 spiro atoms. The van der Waals surface area contributed by atoms with Gasteiger partial charge in [-0.2, -0.15) is 0 Å². The predicted octanol–water partition coefficient (Wildman–Crippen LogP) is 6.38. The fraction of sp³-hybridized carbons (Fsp3) is 0.533. The Balaban J connectivity index is 1.88. The van der Waals surface area contributed by atoms with Gasteiger partial charge in [-0.3, -0.25) is 0 Å². The maximum atomic E-state index is 12.2. The zero-order chi connectivity index (χ0) is 26.4. The second-order valence-corrected chi connectivity index (χ2v) is 10.0. The number of rotatable bonds is 10. The summed E-state index contributed by atoms with van der Waals surface area (Å²) in [6, 6.07) is 16.2. The van der Waals surface area contributed by atoms with E-state index in [4.69, 9.17) is 18.9 Å². The maximum Gasteiger partial charge on any atom is 0.349 e. The van der Waals surface area contributed by atoms with Gasteiger partial charge in [-0.05, 0) is 74.9 Å². The van der Waals surface area contributed by atoms with Crippen LogP contribution < -0.4 is 9.47 Å². The summed E-state index contributed by atoms with van der Waals surface area (Å²) < 4.78 is 22.0. The monoisotopic (exact) mass is 496 g/mol. The summed E-state index contributed by atoms with van der Waals surface area (Å²) in [5, 5.41) is 0. The van der Waals surface area contributed by atoms with Crippen LogP contribution in [0.15, 0.2) is 48.5 Å². The van der Waals surface area contributed by atoms with Crippen LogP contribution in [0.1, 0.15) is 83.8 Å². The van der Waals surface area contributed by atoms with Crippen molar-refractivity contribution in [1.82, 2.24) is 0 Å². The molecule has 2 aromatic rings. The van der Waals surface area contributed by atoms with E-state index >= 15 is 0 Å². The number of hydrogen-bond acceptors (Lipinski definition) is 6. The van der Waals surface area contributed by atoms with Gasteiger partial charge < -0.3 is 18.9 Å². The van der Waals surface area contributed by atoms with E-state index < -0.39 is 11.2 Å². The van der Waals surface area contributed by atoms with E-state index in [1.807, 2.05) is 38.1 Å². The molecule has 1 fully saturated rings. The smallest absolute Gasteiger partial charge is 0.349 e. The fourth-order valence-electron chi connectivity index (χ4n) is 5.05. The van der Waals surface area contributed by atoms with Gasteiger partial charge in [0.1, 0.15) is 11.5 Å². The molecule has 0 unspecified atom stereocenters. The number of esters is 2. The molecule has 1 saturated carbocycles. The molecule has 0 heterocycles. The Hall–Kier alpha value is -3.02. The van der Waals surface area contributed by atoms with Crippen molar-refractivity contribution in [2.75, 3.05) is 14.2 Å². The van der Waals surface area contributed by atoms with Gasteiger partial charge in [0.25, 0.3) is 0 Å². The van der Waals surface area contributed by atoms with Crippen LogP contribution in [-0.2, 0) is 24.5 Å². The summed E-state index contributed by atoms with van der Waals surface area (Å²) in [6.45, 7) is 7.32. The molecule has 3 rings (SSSR count). The molecule has 1 aliphatic rings. The van der Waals surface area contributed by atoms with E-state index in [-0.39, 0.29) is 17.4 Å². The average molecular weight is 497 g/mol. The molecule has 36 heavy (non-hydrogen) atoms. The van der Waals surface area contributed by atoms with Crippen LogP contribution in [0, 0.1) is 0 Å². The Morgan fingerprint density at radius 3 is 1.36 bits per heavy atom. The van der Waals surface area contributed by atoms with E-state index in [2.05, 4.69) is 24.3 Å². The van der Waals surface area contributed by atoms with E-state index in [1.54, 1.807) is 13.8 Å². The molecule has 6 nitrogen and oxygen atoms in total. The molecule has 0 amide bonds. The van der Waals surface area contributed by atoms with Crippen LogP contribution in [-0.4, -0.2) is 37.4 Å². The number of hydrogen-bond donors (Lipinski definition) is 0. The normalized spacial score (nSPS) is 18.3. The molecule has 0 saturated heterocycles. The van der Waals surface area contributed by atoms with Gasteiger partial charge in [0.05, 0.1) is 14.2 Å². The summed E-state index contributed by atoms with van der Waals surface area (Å²) in [7, 11) is 2.76. The molecule has 0 aliphatic heterocycles. The fourth-order valence-corrected chi connectivity index (χ4v) is 5.05. The van der Waals surface area contributed by atoms with Gasteiger partial charge in [-0.15, -0.1) is 0 Å². The molecule has 2 atom stereocenters. The standard InChI is InChI=1S/C30H40O6/c1-7-28(3,26(31)33-5)35-24-16-12-22(13-17-24)30(20-10-9-11-21-30)23-14-18-25(19-15-23)36-29(4,8-2)27(32)34-6/h12-19H,7-11,20-21H2,1-6H3/t28-,29-/m0/s1. The van der Waals surface area contributed by atoms with Crippen LogP contribution in [0.5, 0.6) is 11.5 Å². The van der Waals surface area contributed by atoms with E-state index in [9.17, 15) is 9.59 Å². The Labute approximate surface area is 215 Å². The largest absolute Gasteiger partial charge is 0.476 e. The van der Waals surface area contributed by atoms with Crippen molar-refractivity contribution in [2.45, 2.75) is 89.3 Å². The highest BCUT2D eigenvalue weighted by atomic mass is 16.6. The number of carbonyl (C=O) groups is 2. The summed E-state index contributed by atoms with van der Waals surface area (Å²) in [4.78, 5) is 24.4. The highest BCUT2D eigenvalue weighted by Crippen LogP contribution is 2.46. The lowest BCUT2D eigenvalue weighted by atomic mass is 9.65. The van der Waals surface area contributed by atoms with Crippen molar-refractivity contribution < 1.29 is 28.5 Å². The molecule has 0 radical (unpaired) electrons. The molecule has 0 N–H and O–H groups in total. The number of ether oxygens (including phenoxy) is 4. The molecule has 6 heteroatoms. The van der Waals surface area contributed by atoms with Crippen LogP contribution in [0.2, 0.25) is 0 Å². The topological polar surface area (TPSA) is 71.1 Å². The second-order valence-electron chi connectivity index (χ2n) is 10.0. The van der Waals surface area contributed by atoms with Gasteiger partial charge in [0, 0.05) is 5.41 Å². The first-order valence-electron chi connectivity index (χ1n) is 12.9. The first-order chi connectivity index (χ1) is 17.2. The molecular formula is C30H40O6. The Morgan fingerprint density at radius 1 is 0.694 bits per heavy atom. The van der Waals surface area contributed by atoms with E-state index in [0.717, 1.165) is 25.7 Å². The number of benzene rings is 2. The van der Waals surface area contributed by atoms with Gasteiger partial charge >= 0.3 is 11.9 Å². The minimum absolute atomic E-state index is 0.109. The van der Waals surface area contributed by atoms with E-state index in [0.29, 0.717) is 24.3 Å². The van der Waals surface area contributed by atoms with Crippen molar-refractivity contribution in [3.05, 3.63) is 59.7 Å². The SMILES string of the molecule is CC[C@](C)(Oc1ccc(C2(c3ccc(O[C@@](C)(CC)C(=O)OC)cc3)CCCCC2)cc1)C(=O)OC. The van der Waals surface area contributed by atoms with Crippen LogP contribution in [0.4, 0.5) is 0 Å². The first kappa shape index (κ1) is 27.6. The molecule has 196 valence electrons. The summed E-state index contributed by atoms with van der Waals surface area (Å²) in [5.41, 5.74) is 0.305. The third-order valence-electron chi connectivity index (χ3n) is 7.79. The minimum Gasteiger partial charge on any atom is -0.476 e. The molecule has 0 aromatic heterocycles. The van der Waals surface area contributed by atoms with Crippen LogP contribution in [0.3, 0.4) is 0 Å². The molecule has 2 aromatic carbocycles. The highest BCUT2D eigenvalue weighted by Gasteiger charge is 2.38. The van der Waals surface area contributed by atoms with Gasteiger partial charge in [-0.25, -0.2) is 9.59 Å². The minimum atomic E-state index is -1.02. The zero-order valence-electron chi connectivity index (χ0n) is 22.5. The Bertz CT molecular complexity index is 945. The zero-order valence-corrected chi connectivity index (χ0v) is 22.5. The highest BCUT2D eigenvalue weighted by molar-refractivity contribution is 5.79. The molecule has 0 bridgehead atoms. The number of methoxy groups -OCH3 is 2. The van der Waals surface area contributed by atoms with Crippen LogP contribution >= 0.6 is 0 Å². The lowest BCUT2D eigenvalue weighted by Crippen LogP contribution is -2.41. The predicted molar refractivity (Wildman–Crippen MR) is 139 cm³/mol. The van der Waals surface area contributed by atoms with Crippen molar-refractivity contribution in [3.63, 3.8) is 0 Å². The lowest BCUT2D eigenvalue weighted by molar-refractivity contribution is -0.158. The van der Waals surface area contributed by atoms with Gasteiger partial charge in [-0.1, -0.05) is 57.4 Å². The lowest BCUT2D eigenvalue weighted by Gasteiger charge is -2.39. The van der Waals surface area contributed by atoms with Crippen molar-refractivity contribution in [1.29, 1.82) is 0 Å². The summed E-state index contributed by atoms with van der Waals surface area (Å²) in [5.74, 6) is 0.521. The van der Waals surface area contributed by atoms with Crippen molar-refractivity contribution in [3.8, 4) is 11.5 Å². The average Bonchev–Trinajstić information content (AvgIpc) is 2.93. The molecule has 1 aliphatic carbocycles. The number of carbonyl (C=O) groups excluding carboxylic acids is 2. The third kappa shape index (κ3) is 5.53. The van der Waals surface area contributed by atoms with Gasteiger partial charge in [0.15, 0.2) is 0 Å². The van der Waals surface area contributed by atoms with E-state index in [1.165, 1.54) is 31.8 Å². The first-order valence-corrected chi connectivity index (χ1v) is 12.9. The second kappa shape index (κ2) is 11.4. The Kier molecular flexibility index (Phi) is 8.70. The quantitative estimate of drug-likeness (QED) is 0.356. The Morgan fingerprint density at radius 2 is 1.06 bits per heavy atom. The molecular weight excluding hydrogens is 456 g/mol.